The van der Waals surface area contributed by atoms with E-state index in [1.807, 2.05) is 44.2 Å². The molecule has 2 saturated heterocycles. The van der Waals surface area contributed by atoms with E-state index in [0.717, 1.165) is 5.56 Å². The van der Waals surface area contributed by atoms with Crippen LogP contribution in [-0.2, 0) is 38.1 Å². The molecule has 2 heterocycles. The minimum atomic E-state index is -1.57. The number of hydrogen-bond acceptors (Lipinski definition) is 10. The number of hydrogen-bond donors (Lipinski definition) is 1. The van der Waals surface area contributed by atoms with Crippen molar-refractivity contribution >= 4 is 35.3 Å². The number of carbonyl (C=O) groups is 4. The fourth-order valence-electron chi connectivity index (χ4n) is 8.33. The summed E-state index contributed by atoms with van der Waals surface area (Å²) in [5.74, 6) is -2.50. The van der Waals surface area contributed by atoms with Crippen molar-refractivity contribution < 1.29 is 43.2 Å². The standard InChI is InChI=1S/C31H36O9S/c1-15-19(34)13-31-26(38-27(40-31)18-10-8-7-9-11-18)24-29(6,20(35)12-21-30(24,14-41-21)39-17(3)33)25(36)23(37-16(2)32)22(15)28(31,4)5/h7-11,20-21,23-24,26-27,35H,12-14H2,1-6H3/t20-,21+,23+,24-,26-,27-,29+,30-,31+/m0/s1. The fourth-order valence-corrected chi connectivity index (χ4v) is 9.82. The van der Waals surface area contributed by atoms with E-state index in [1.165, 1.54) is 13.8 Å². The second-order valence-corrected chi connectivity index (χ2v) is 14.0. The van der Waals surface area contributed by atoms with E-state index < -0.39 is 70.3 Å². The summed E-state index contributed by atoms with van der Waals surface area (Å²) < 4.78 is 25.6. The van der Waals surface area contributed by atoms with Gasteiger partial charge in [-0.15, -0.1) is 0 Å². The summed E-state index contributed by atoms with van der Waals surface area (Å²) in [5.41, 5.74) is -3.69. The Hall–Kier alpha value is -2.53. The Morgan fingerprint density at radius 1 is 1.07 bits per heavy atom. The minimum absolute atomic E-state index is 0.0546. The van der Waals surface area contributed by atoms with Gasteiger partial charge in [0, 0.05) is 48.2 Å². The predicted molar refractivity (Wildman–Crippen MR) is 148 cm³/mol. The second-order valence-electron chi connectivity index (χ2n) is 12.8. The smallest absolute Gasteiger partial charge is 0.303 e. The predicted octanol–water partition coefficient (Wildman–Crippen LogP) is 3.47. The van der Waals surface area contributed by atoms with Crippen LogP contribution in [0.2, 0.25) is 0 Å². The number of rotatable bonds is 3. The third-order valence-corrected chi connectivity index (χ3v) is 12.0. The van der Waals surface area contributed by atoms with Crippen LogP contribution >= 0.6 is 11.8 Å². The summed E-state index contributed by atoms with van der Waals surface area (Å²) in [7, 11) is 0. The molecular formula is C31H36O9S. The highest BCUT2D eigenvalue weighted by Gasteiger charge is 2.79. The van der Waals surface area contributed by atoms with Crippen molar-refractivity contribution in [3.05, 3.63) is 47.0 Å². The first-order valence-corrected chi connectivity index (χ1v) is 15.1. The molecule has 3 aliphatic carbocycles. The highest BCUT2D eigenvalue weighted by Crippen LogP contribution is 2.69. The monoisotopic (exact) mass is 584 g/mol. The van der Waals surface area contributed by atoms with Gasteiger partial charge in [0.2, 0.25) is 0 Å². The molecule has 2 aliphatic heterocycles. The number of ketones is 2. The number of esters is 2. The van der Waals surface area contributed by atoms with E-state index in [4.69, 9.17) is 18.9 Å². The molecule has 0 amide bonds. The Labute approximate surface area is 243 Å². The van der Waals surface area contributed by atoms with Gasteiger partial charge >= 0.3 is 11.9 Å². The summed E-state index contributed by atoms with van der Waals surface area (Å²) in [5, 5.41) is 11.5. The van der Waals surface area contributed by atoms with Gasteiger partial charge in [0.05, 0.1) is 17.6 Å². The van der Waals surface area contributed by atoms with Crippen LogP contribution in [-0.4, -0.2) is 69.1 Å². The molecule has 10 heteroatoms. The van der Waals surface area contributed by atoms with Gasteiger partial charge in [0.1, 0.15) is 11.2 Å². The van der Waals surface area contributed by atoms with Gasteiger partial charge in [-0.25, -0.2) is 0 Å². The largest absolute Gasteiger partial charge is 0.457 e. The molecular weight excluding hydrogens is 548 g/mol. The molecule has 9 nitrogen and oxygen atoms in total. The zero-order valence-electron chi connectivity index (χ0n) is 24.1. The van der Waals surface area contributed by atoms with E-state index in [-0.39, 0.29) is 23.9 Å². The number of carbonyl (C=O) groups excluding carboxylic acids is 4. The van der Waals surface area contributed by atoms with Crippen molar-refractivity contribution in [2.75, 3.05) is 5.75 Å². The molecule has 4 fully saturated rings. The van der Waals surface area contributed by atoms with Crippen molar-refractivity contribution in [2.24, 2.45) is 16.7 Å². The number of thioether (sulfide) groups is 1. The molecule has 0 aromatic heterocycles. The van der Waals surface area contributed by atoms with Crippen molar-refractivity contribution in [2.45, 2.75) is 95.4 Å². The zero-order chi connectivity index (χ0) is 29.7. The molecule has 6 rings (SSSR count). The molecule has 0 radical (unpaired) electrons. The lowest BCUT2D eigenvalue weighted by Gasteiger charge is -2.66. The lowest BCUT2D eigenvalue weighted by molar-refractivity contribution is -0.231. The van der Waals surface area contributed by atoms with Crippen LogP contribution in [0.1, 0.15) is 66.2 Å². The van der Waals surface area contributed by atoms with Gasteiger partial charge in [0.25, 0.3) is 0 Å². The van der Waals surface area contributed by atoms with Crippen molar-refractivity contribution in [1.29, 1.82) is 0 Å². The lowest BCUT2D eigenvalue weighted by atomic mass is 9.46. The molecule has 0 unspecified atom stereocenters. The summed E-state index contributed by atoms with van der Waals surface area (Å²) in [4.78, 5) is 53.8. The molecule has 1 aromatic carbocycles. The third-order valence-electron chi connectivity index (χ3n) is 10.4. The average Bonchev–Trinajstić information content (AvgIpc) is 3.27. The van der Waals surface area contributed by atoms with E-state index >= 15 is 0 Å². The maximum absolute atomic E-state index is 14.9. The normalized spacial score (nSPS) is 42.6. The Morgan fingerprint density at radius 2 is 1.76 bits per heavy atom. The number of benzene rings is 1. The first kappa shape index (κ1) is 28.6. The minimum Gasteiger partial charge on any atom is -0.457 e. The van der Waals surface area contributed by atoms with Gasteiger partial charge < -0.3 is 24.1 Å². The third kappa shape index (κ3) is 3.66. The van der Waals surface area contributed by atoms with Crippen molar-refractivity contribution in [3.8, 4) is 0 Å². The lowest BCUT2D eigenvalue weighted by Crippen LogP contribution is -2.79. The molecule has 1 aromatic rings. The van der Waals surface area contributed by atoms with Gasteiger partial charge in [0.15, 0.2) is 24.0 Å². The van der Waals surface area contributed by atoms with Crippen LogP contribution in [0.15, 0.2) is 41.5 Å². The number of fused-ring (bicyclic) bond motifs is 5. The molecule has 1 N–H and O–H groups in total. The highest BCUT2D eigenvalue weighted by molar-refractivity contribution is 8.01. The number of aliphatic hydroxyl groups is 1. The molecule has 9 atom stereocenters. The molecule has 5 aliphatic rings. The van der Waals surface area contributed by atoms with Crippen LogP contribution in [0.25, 0.3) is 0 Å². The van der Waals surface area contributed by atoms with Gasteiger partial charge in [-0.05, 0) is 31.4 Å². The molecule has 1 spiro atoms. The summed E-state index contributed by atoms with van der Waals surface area (Å²) in [6.45, 7) is 9.63. The summed E-state index contributed by atoms with van der Waals surface area (Å²) in [6.07, 6.45) is -4.27. The first-order valence-electron chi connectivity index (χ1n) is 14.0. The molecule has 41 heavy (non-hydrogen) atoms. The van der Waals surface area contributed by atoms with Crippen LogP contribution in [0, 0.1) is 16.7 Å². The quantitative estimate of drug-likeness (QED) is 0.528. The zero-order valence-corrected chi connectivity index (χ0v) is 24.9. The number of ether oxygens (including phenoxy) is 4. The second kappa shape index (κ2) is 9.23. The van der Waals surface area contributed by atoms with E-state index in [1.54, 1.807) is 25.6 Å². The van der Waals surface area contributed by atoms with Crippen molar-refractivity contribution in [3.63, 3.8) is 0 Å². The topological polar surface area (TPSA) is 125 Å². The van der Waals surface area contributed by atoms with E-state index in [9.17, 15) is 24.3 Å². The van der Waals surface area contributed by atoms with E-state index in [2.05, 4.69) is 0 Å². The molecule has 220 valence electrons. The maximum Gasteiger partial charge on any atom is 0.303 e. The summed E-state index contributed by atoms with van der Waals surface area (Å²) in [6, 6.07) is 9.33. The Kier molecular flexibility index (Phi) is 6.44. The number of aliphatic hydroxyl groups excluding tert-OH is 1. The van der Waals surface area contributed by atoms with Crippen molar-refractivity contribution in [1.82, 2.24) is 0 Å². The Morgan fingerprint density at radius 3 is 2.34 bits per heavy atom. The van der Waals surface area contributed by atoms with Gasteiger partial charge in [-0.3, -0.25) is 19.2 Å². The van der Waals surface area contributed by atoms with Crippen LogP contribution in [0.4, 0.5) is 0 Å². The fraction of sp³-hybridized carbons (Fsp3) is 0.613. The average molecular weight is 585 g/mol. The first-order chi connectivity index (χ1) is 19.2. The van der Waals surface area contributed by atoms with Crippen LogP contribution in [0.3, 0.4) is 0 Å². The highest BCUT2D eigenvalue weighted by atomic mass is 32.2. The maximum atomic E-state index is 14.9. The number of allylic oxidation sites excluding steroid dienone is 1. The Balaban J connectivity index is 1.67. The van der Waals surface area contributed by atoms with Crippen LogP contribution in [0.5, 0.6) is 0 Å². The number of Topliss-reactive ketones (excluding diaryl/α,β-unsaturated/α-hetero) is 2. The van der Waals surface area contributed by atoms with Crippen LogP contribution < -0.4 is 0 Å². The SMILES string of the molecule is CC(=O)O[C@H]1C(=O)[C@@]2(C)[C@H]([C@@H]3O[C@H](c4ccccc4)O[C@]34CC(=O)C(C)=C1C4(C)C)[C@]1(OC(C)=O)CS[C@@H]1C[C@@H]2O. The molecule has 2 saturated carbocycles. The van der Waals surface area contributed by atoms with Gasteiger partial charge in [-0.2, -0.15) is 11.8 Å². The van der Waals surface area contributed by atoms with Gasteiger partial charge in [-0.1, -0.05) is 44.2 Å². The van der Waals surface area contributed by atoms with E-state index in [0.29, 0.717) is 16.9 Å². The Bertz CT molecular complexity index is 1370. The summed E-state index contributed by atoms with van der Waals surface area (Å²) >= 11 is 1.56. The molecule has 2 bridgehead atoms.